The molecule has 2 heterocycles. The standard InChI is InChI=1S/C22H28N6.HI/c1-16-25-26-21-11-9-18(15-28(16)21)13-24-22(23-2)27(3)14-17-8-10-19-6-4-5-7-20(19)12-17;/h4-8,10,12,18H,9,11,13-15H2,1-3H3,(H,23,24);1H. The van der Waals surface area contributed by atoms with Crippen molar-refractivity contribution in [3.8, 4) is 0 Å². The molecule has 1 aromatic heterocycles. The molecule has 3 aromatic rings. The zero-order valence-corrected chi connectivity index (χ0v) is 19.6. The van der Waals surface area contributed by atoms with Gasteiger partial charge in [-0.05, 0) is 41.7 Å². The zero-order chi connectivity index (χ0) is 19.5. The smallest absolute Gasteiger partial charge is 0.193 e. The van der Waals surface area contributed by atoms with Gasteiger partial charge in [-0.2, -0.15) is 0 Å². The minimum absolute atomic E-state index is 0. The Morgan fingerprint density at radius 3 is 2.79 bits per heavy atom. The van der Waals surface area contributed by atoms with Crippen LogP contribution in [0.1, 0.15) is 23.6 Å². The molecular weight excluding hydrogens is 475 g/mol. The van der Waals surface area contributed by atoms with Gasteiger partial charge in [-0.25, -0.2) is 0 Å². The fraction of sp³-hybridized carbons (Fsp3) is 0.409. The number of hydrogen-bond acceptors (Lipinski definition) is 3. The number of benzene rings is 2. The molecule has 0 aliphatic carbocycles. The van der Waals surface area contributed by atoms with E-state index in [1.54, 1.807) is 0 Å². The lowest BCUT2D eigenvalue weighted by molar-refractivity contribution is 0.352. The Labute approximate surface area is 189 Å². The normalized spacial score (nSPS) is 16.2. The van der Waals surface area contributed by atoms with Crippen molar-refractivity contribution in [3.05, 3.63) is 59.7 Å². The number of hydrogen-bond donors (Lipinski definition) is 1. The molecule has 1 aliphatic heterocycles. The van der Waals surface area contributed by atoms with Gasteiger partial charge < -0.3 is 14.8 Å². The molecule has 0 spiro atoms. The number of aryl methyl sites for hydroxylation is 2. The van der Waals surface area contributed by atoms with E-state index >= 15 is 0 Å². The van der Waals surface area contributed by atoms with E-state index in [-0.39, 0.29) is 24.0 Å². The maximum atomic E-state index is 4.48. The SMILES string of the molecule is CN=C(NCC1CCc2nnc(C)n2C1)N(C)Cc1ccc2ccccc2c1.I. The Hall–Kier alpha value is -2.16. The van der Waals surface area contributed by atoms with Gasteiger partial charge in [0.1, 0.15) is 11.6 Å². The van der Waals surface area contributed by atoms with E-state index in [4.69, 9.17) is 0 Å². The first-order valence-corrected chi connectivity index (χ1v) is 9.92. The largest absolute Gasteiger partial charge is 0.356 e. The number of nitrogens with one attached hydrogen (secondary N) is 1. The van der Waals surface area contributed by atoms with Crippen molar-refractivity contribution in [2.24, 2.45) is 10.9 Å². The van der Waals surface area contributed by atoms with Crippen molar-refractivity contribution >= 4 is 40.7 Å². The van der Waals surface area contributed by atoms with Crippen LogP contribution >= 0.6 is 24.0 Å². The van der Waals surface area contributed by atoms with Gasteiger partial charge in [-0.1, -0.05) is 36.4 Å². The molecule has 0 bridgehead atoms. The van der Waals surface area contributed by atoms with Gasteiger partial charge in [-0.3, -0.25) is 4.99 Å². The predicted octanol–water partition coefficient (Wildman–Crippen LogP) is 3.63. The summed E-state index contributed by atoms with van der Waals surface area (Å²) < 4.78 is 2.25. The Morgan fingerprint density at radius 2 is 2.00 bits per heavy atom. The number of rotatable bonds is 4. The first-order valence-electron chi connectivity index (χ1n) is 9.92. The Kier molecular flexibility index (Phi) is 7.10. The number of aliphatic imine (C=N–C) groups is 1. The first-order chi connectivity index (χ1) is 13.6. The van der Waals surface area contributed by atoms with Gasteiger partial charge in [0.05, 0.1) is 0 Å². The molecule has 0 amide bonds. The molecule has 1 unspecified atom stereocenters. The molecule has 0 radical (unpaired) electrons. The van der Waals surface area contributed by atoms with E-state index in [2.05, 4.69) is 79.5 Å². The number of guanidine groups is 1. The molecule has 1 aliphatic rings. The number of nitrogens with zero attached hydrogens (tertiary/aromatic N) is 5. The van der Waals surface area contributed by atoms with E-state index in [1.165, 1.54) is 16.3 Å². The van der Waals surface area contributed by atoms with Crippen LogP contribution in [-0.4, -0.2) is 46.3 Å². The van der Waals surface area contributed by atoms with E-state index in [0.29, 0.717) is 5.92 Å². The Morgan fingerprint density at radius 1 is 1.21 bits per heavy atom. The summed E-state index contributed by atoms with van der Waals surface area (Å²) in [6.07, 6.45) is 2.13. The summed E-state index contributed by atoms with van der Waals surface area (Å²) in [5.41, 5.74) is 1.28. The molecule has 1 atom stereocenters. The zero-order valence-electron chi connectivity index (χ0n) is 17.3. The van der Waals surface area contributed by atoms with Crippen LogP contribution in [0.3, 0.4) is 0 Å². The molecule has 1 N–H and O–H groups in total. The average Bonchev–Trinajstić information content (AvgIpc) is 3.09. The minimum Gasteiger partial charge on any atom is -0.356 e. The van der Waals surface area contributed by atoms with Crippen LogP contribution in [0, 0.1) is 12.8 Å². The molecule has 6 nitrogen and oxygen atoms in total. The van der Waals surface area contributed by atoms with Crippen LogP contribution in [0.5, 0.6) is 0 Å². The second kappa shape index (κ2) is 9.56. The molecule has 7 heteroatoms. The van der Waals surface area contributed by atoms with E-state index < -0.39 is 0 Å². The summed E-state index contributed by atoms with van der Waals surface area (Å²) in [4.78, 5) is 6.67. The molecule has 0 saturated carbocycles. The van der Waals surface area contributed by atoms with Crippen molar-refractivity contribution in [3.63, 3.8) is 0 Å². The van der Waals surface area contributed by atoms with Crippen LogP contribution in [0.15, 0.2) is 47.5 Å². The third-order valence-electron chi connectivity index (χ3n) is 5.59. The first kappa shape index (κ1) is 21.5. The van der Waals surface area contributed by atoms with E-state index in [0.717, 1.165) is 50.1 Å². The van der Waals surface area contributed by atoms with Crippen LogP contribution in [0.2, 0.25) is 0 Å². The number of aromatic nitrogens is 3. The highest BCUT2D eigenvalue weighted by Crippen LogP contribution is 2.19. The Bertz CT molecular complexity index is 996. The molecule has 2 aromatic carbocycles. The van der Waals surface area contributed by atoms with Crippen LogP contribution in [-0.2, 0) is 19.5 Å². The summed E-state index contributed by atoms with van der Waals surface area (Å²) in [7, 11) is 3.94. The van der Waals surface area contributed by atoms with Crippen molar-refractivity contribution in [2.45, 2.75) is 32.9 Å². The monoisotopic (exact) mass is 504 g/mol. The predicted molar refractivity (Wildman–Crippen MR) is 129 cm³/mol. The summed E-state index contributed by atoms with van der Waals surface area (Å²) in [5, 5.41) is 14.6. The third kappa shape index (κ3) is 4.88. The maximum Gasteiger partial charge on any atom is 0.193 e. The van der Waals surface area contributed by atoms with Crippen molar-refractivity contribution in [1.29, 1.82) is 0 Å². The summed E-state index contributed by atoms with van der Waals surface area (Å²) in [5.74, 6) is 3.62. The van der Waals surface area contributed by atoms with Gasteiger partial charge in [-0.15, -0.1) is 34.2 Å². The van der Waals surface area contributed by atoms with Crippen LogP contribution in [0.25, 0.3) is 10.8 Å². The lowest BCUT2D eigenvalue weighted by atomic mass is 9.99. The summed E-state index contributed by atoms with van der Waals surface area (Å²) in [6.45, 7) is 4.74. The molecule has 154 valence electrons. The molecule has 4 rings (SSSR count). The number of fused-ring (bicyclic) bond motifs is 2. The molecule has 0 fully saturated rings. The maximum absolute atomic E-state index is 4.48. The lowest BCUT2D eigenvalue weighted by Crippen LogP contribution is -2.42. The highest BCUT2D eigenvalue weighted by atomic mass is 127. The fourth-order valence-corrected chi connectivity index (χ4v) is 4.00. The van der Waals surface area contributed by atoms with Crippen molar-refractivity contribution in [2.75, 3.05) is 20.6 Å². The van der Waals surface area contributed by atoms with E-state index in [1.807, 2.05) is 14.0 Å². The van der Waals surface area contributed by atoms with Gasteiger partial charge in [0.2, 0.25) is 0 Å². The third-order valence-corrected chi connectivity index (χ3v) is 5.59. The minimum atomic E-state index is 0. The number of halogens is 1. The summed E-state index contributed by atoms with van der Waals surface area (Å²) >= 11 is 0. The quantitative estimate of drug-likeness (QED) is 0.335. The second-order valence-corrected chi connectivity index (χ2v) is 7.64. The van der Waals surface area contributed by atoms with Gasteiger partial charge in [0.15, 0.2) is 5.96 Å². The fourth-order valence-electron chi connectivity index (χ4n) is 4.00. The van der Waals surface area contributed by atoms with E-state index in [9.17, 15) is 0 Å². The molecule has 0 saturated heterocycles. The van der Waals surface area contributed by atoms with Crippen LogP contribution < -0.4 is 5.32 Å². The molecular formula is C22H29IN6. The van der Waals surface area contributed by atoms with Gasteiger partial charge >= 0.3 is 0 Å². The van der Waals surface area contributed by atoms with Crippen LogP contribution in [0.4, 0.5) is 0 Å². The molecule has 29 heavy (non-hydrogen) atoms. The summed E-state index contributed by atoms with van der Waals surface area (Å²) in [6, 6.07) is 15.1. The Balaban J connectivity index is 0.00000240. The topological polar surface area (TPSA) is 58.3 Å². The highest BCUT2D eigenvalue weighted by molar-refractivity contribution is 14.0. The van der Waals surface area contributed by atoms with Gasteiger partial charge in [0, 0.05) is 40.2 Å². The highest BCUT2D eigenvalue weighted by Gasteiger charge is 2.22. The second-order valence-electron chi connectivity index (χ2n) is 7.64. The van der Waals surface area contributed by atoms with Crippen molar-refractivity contribution in [1.82, 2.24) is 25.0 Å². The lowest BCUT2D eigenvalue weighted by Gasteiger charge is -2.27. The van der Waals surface area contributed by atoms with Crippen molar-refractivity contribution < 1.29 is 0 Å². The van der Waals surface area contributed by atoms with Gasteiger partial charge in [0.25, 0.3) is 0 Å². The average molecular weight is 504 g/mol.